The van der Waals surface area contributed by atoms with Crippen LogP contribution in [0.1, 0.15) is 19.4 Å². The molecule has 0 spiro atoms. The van der Waals surface area contributed by atoms with Crippen LogP contribution >= 0.6 is 0 Å². The van der Waals surface area contributed by atoms with E-state index in [0.717, 1.165) is 17.7 Å². The van der Waals surface area contributed by atoms with Gasteiger partial charge in [-0.15, -0.1) is 0 Å². The van der Waals surface area contributed by atoms with Crippen LogP contribution in [0.2, 0.25) is 0 Å². The van der Waals surface area contributed by atoms with Crippen molar-refractivity contribution in [3.63, 3.8) is 0 Å². The standard InChI is InChI=1S/C12H16N2O2/c1-12(2,16-3)11(15)14-7-5-9-8-13-6-4-10(9)14/h4,6,8H,5,7H2,1-3H3. The van der Waals surface area contributed by atoms with Gasteiger partial charge in [-0.05, 0) is 31.9 Å². The second-order valence-electron chi connectivity index (χ2n) is 4.43. The largest absolute Gasteiger partial charge is 0.369 e. The Hall–Kier alpha value is -1.42. The molecular weight excluding hydrogens is 204 g/mol. The highest BCUT2D eigenvalue weighted by atomic mass is 16.5. The third kappa shape index (κ3) is 1.69. The zero-order chi connectivity index (χ0) is 11.8. The van der Waals surface area contributed by atoms with Crippen LogP contribution in [0.5, 0.6) is 0 Å². The number of ether oxygens (including phenoxy) is 1. The van der Waals surface area contributed by atoms with Crippen molar-refractivity contribution in [3.05, 3.63) is 24.0 Å². The quantitative estimate of drug-likeness (QED) is 0.756. The van der Waals surface area contributed by atoms with Crippen LogP contribution in [0.4, 0.5) is 5.69 Å². The molecule has 0 radical (unpaired) electrons. The fraction of sp³-hybridized carbons (Fsp3) is 0.500. The predicted molar refractivity (Wildman–Crippen MR) is 61.4 cm³/mol. The lowest BCUT2D eigenvalue weighted by Gasteiger charge is -2.28. The molecule has 1 amide bonds. The Balaban J connectivity index is 2.29. The fourth-order valence-electron chi connectivity index (χ4n) is 1.85. The minimum absolute atomic E-state index is 0.0000463. The van der Waals surface area contributed by atoms with E-state index in [1.54, 1.807) is 32.1 Å². The Kier molecular flexibility index (Phi) is 2.68. The van der Waals surface area contributed by atoms with Gasteiger partial charge in [0.05, 0.1) is 5.69 Å². The molecule has 0 unspecified atom stereocenters. The van der Waals surface area contributed by atoms with Crippen molar-refractivity contribution in [3.8, 4) is 0 Å². The van der Waals surface area contributed by atoms with Gasteiger partial charge in [-0.2, -0.15) is 0 Å². The Morgan fingerprint density at radius 1 is 1.56 bits per heavy atom. The number of hydrogen-bond acceptors (Lipinski definition) is 3. The number of pyridine rings is 1. The lowest BCUT2D eigenvalue weighted by atomic mass is 10.1. The second-order valence-corrected chi connectivity index (χ2v) is 4.43. The first-order valence-corrected chi connectivity index (χ1v) is 5.36. The summed E-state index contributed by atoms with van der Waals surface area (Å²) in [5.74, 6) is -0.0000463. The molecule has 2 rings (SSSR count). The Bertz CT molecular complexity index is 415. The van der Waals surface area contributed by atoms with Gasteiger partial charge in [0, 0.05) is 26.0 Å². The average Bonchev–Trinajstić information content (AvgIpc) is 2.71. The van der Waals surface area contributed by atoms with E-state index in [4.69, 9.17) is 4.74 Å². The normalized spacial score (nSPS) is 15.1. The summed E-state index contributed by atoms with van der Waals surface area (Å²) >= 11 is 0. The lowest BCUT2D eigenvalue weighted by Crippen LogP contribution is -2.45. The molecule has 0 saturated carbocycles. The van der Waals surface area contributed by atoms with E-state index in [1.165, 1.54) is 0 Å². The lowest BCUT2D eigenvalue weighted by molar-refractivity contribution is -0.136. The van der Waals surface area contributed by atoms with Crippen molar-refractivity contribution in [2.45, 2.75) is 25.9 Å². The van der Waals surface area contributed by atoms with Crippen LogP contribution in [0.15, 0.2) is 18.5 Å². The van der Waals surface area contributed by atoms with E-state index in [2.05, 4.69) is 4.98 Å². The Morgan fingerprint density at radius 2 is 2.31 bits per heavy atom. The Morgan fingerprint density at radius 3 is 3.00 bits per heavy atom. The molecule has 86 valence electrons. The summed E-state index contributed by atoms with van der Waals surface area (Å²) in [6.07, 6.45) is 4.40. The molecule has 0 fully saturated rings. The third-order valence-electron chi connectivity index (χ3n) is 3.04. The van der Waals surface area contributed by atoms with E-state index in [-0.39, 0.29) is 5.91 Å². The zero-order valence-electron chi connectivity index (χ0n) is 9.86. The molecule has 0 bridgehead atoms. The summed E-state index contributed by atoms with van der Waals surface area (Å²) in [5.41, 5.74) is 1.32. The first-order valence-electron chi connectivity index (χ1n) is 5.36. The van der Waals surface area contributed by atoms with Crippen molar-refractivity contribution >= 4 is 11.6 Å². The first-order chi connectivity index (χ1) is 7.56. The van der Waals surface area contributed by atoms with Gasteiger partial charge in [-0.25, -0.2) is 0 Å². The SMILES string of the molecule is COC(C)(C)C(=O)N1CCc2cnccc21. The molecule has 4 nitrogen and oxygen atoms in total. The van der Waals surface area contributed by atoms with Crippen LogP contribution < -0.4 is 4.90 Å². The molecule has 1 aliphatic heterocycles. The van der Waals surface area contributed by atoms with E-state index in [0.29, 0.717) is 6.54 Å². The highest BCUT2D eigenvalue weighted by molar-refractivity contribution is 6.00. The maximum atomic E-state index is 12.2. The van der Waals surface area contributed by atoms with Crippen molar-refractivity contribution < 1.29 is 9.53 Å². The summed E-state index contributed by atoms with van der Waals surface area (Å²) in [6, 6.07) is 1.88. The van der Waals surface area contributed by atoms with Crippen LogP contribution in [0, 0.1) is 0 Å². The van der Waals surface area contributed by atoms with Crippen molar-refractivity contribution in [2.24, 2.45) is 0 Å². The molecule has 0 N–H and O–H groups in total. The summed E-state index contributed by atoms with van der Waals surface area (Å²) in [7, 11) is 1.56. The third-order valence-corrected chi connectivity index (χ3v) is 3.04. The molecule has 2 heterocycles. The van der Waals surface area contributed by atoms with Crippen LogP contribution in [0.3, 0.4) is 0 Å². The van der Waals surface area contributed by atoms with Gasteiger partial charge in [0.2, 0.25) is 0 Å². The van der Waals surface area contributed by atoms with Crippen LogP contribution in [0.25, 0.3) is 0 Å². The number of carbonyl (C=O) groups is 1. The number of carbonyl (C=O) groups excluding carboxylic acids is 1. The number of amides is 1. The summed E-state index contributed by atoms with van der Waals surface area (Å²) in [6.45, 7) is 4.29. The number of rotatable bonds is 2. The predicted octanol–water partition coefficient (Wildman–Crippen LogP) is 1.40. The molecule has 4 heteroatoms. The average molecular weight is 220 g/mol. The zero-order valence-corrected chi connectivity index (χ0v) is 9.86. The van der Waals surface area contributed by atoms with Gasteiger partial charge in [0.15, 0.2) is 0 Å². The van der Waals surface area contributed by atoms with Gasteiger partial charge in [-0.3, -0.25) is 9.78 Å². The van der Waals surface area contributed by atoms with Crippen molar-refractivity contribution in [1.29, 1.82) is 0 Å². The molecule has 1 aromatic heterocycles. The number of hydrogen-bond donors (Lipinski definition) is 0. The molecule has 16 heavy (non-hydrogen) atoms. The van der Waals surface area contributed by atoms with E-state index in [1.807, 2.05) is 12.3 Å². The monoisotopic (exact) mass is 220 g/mol. The molecular formula is C12H16N2O2. The van der Waals surface area contributed by atoms with Crippen molar-refractivity contribution in [2.75, 3.05) is 18.6 Å². The van der Waals surface area contributed by atoms with Gasteiger partial charge in [-0.1, -0.05) is 0 Å². The van der Waals surface area contributed by atoms with Crippen molar-refractivity contribution in [1.82, 2.24) is 4.98 Å². The van der Waals surface area contributed by atoms with Gasteiger partial charge >= 0.3 is 0 Å². The van der Waals surface area contributed by atoms with Gasteiger partial charge < -0.3 is 9.64 Å². The number of aromatic nitrogens is 1. The smallest absolute Gasteiger partial charge is 0.258 e. The minimum Gasteiger partial charge on any atom is -0.369 e. The number of fused-ring (bicyclic) bond motifs is 1. The highest BCUT2D eigenvalue weighted by Gasteiger charge is 2.35. The topological polar surface area (TPSA) is 42.4 Å². The Labute approximate surface area is 95.2 Å². The second kappa shape index (κ2) is 3.87. The summed E-state index contributed by atoms with van der Waals surface area (Å²) in [5, 5.41) is 0. The highest BCUT2D eigenvalue weighted by Crippen LogP contribution is 2.29. The number of nitrogens with zero attached hydrogens (tertiary/aromatic N) is 2. The number of anilines is 1. The maximum absolute atomic E-state index is 12.2. The maximum Gasteiger partial charge on any atom is 0.258 e. The molecule has 0 atom stereocenters. The van der Waals surface area contributed by atoms with Crippen LogP contribution in [-0.2, 0) is 16.0 Å². The minimum atomic E-state index is -0.773. The number of methoxy groups -OCH3 is 1. The van der Waals surface area contributed by atoms with Gasteiger partial charge in [0.1, 0.15) is 5.60 Å². The molecule has 0 saturated heterocycles. The molecule has 0 aliphatic carbocycles. The molecule has 1 aliphatic rings. The fourth-order valence-corrected chi connectivity index (χ4v) is 1.85. The molecule has 1 aromatic rings. The summed E-state index contributed by atoms with van der Waals surface area (Å²) in [4.78, 5) is 18.1. The molecule has 0 aromatic carbocycles. The van der Waals surface area contributed by atoms with E-state index < -0.39 is 5.60 Å². The van der Waals surface area contributed by atoms with Crippen LogP contribution in [-0.4, -0.2) is 30.1 Å². The first kappa shape index (κ1) is 11.1. The summed E-state index contributed by atoms with van der Waals surface area (Å²) < 4.78 is 5.22. The van der Waals surface area contributed by atoms with Gasteiger partial charge in [0.25, 0.3) is 5.91 Å². The van der Waals surface area contributed by atoms with E-state index >= 15 is 0 Å². The van der Waals surface area contributed by atoms with E-state index in [9.17, 15) is 4.79 Å².